The van der Waals surface area contributed by atoms with E-state index in [1.165, 1.54) is 0 Å². The minimum atomic E-state index is -5.08. The number of fused-ring (bicyclic) bond motifs is 1. The molecule has 0 saturated carbocycles. The van der Waals surface area contributed by atoms with Gasteiger partial charge in [0.25, 0.3) is 5.91 Å². The van der Waals surface area contributed by atoms with Gasteiger partial charge >= 0.3 is 12.1 Å². The molecule has 0 unspecified atom stereocenters. The Kier molecular flexibility index (Phi) is 7.98. The van der Waals surface area contributed by atoms with Crippen molar-refractivity contribution in [2.75, 3.05) is 13.2 Å². The lowest BCUT2D eigenvalue weighted by atomic mass is 10.0. The topological polar surface area (TPSA) is 102 Å². The lowest BCUT2D eigenvalue weighted by Gasteiger charge is -2.32. The van der Waals surface area contributed by atoms with Crippen molar-refractivity contribution in [3.8, 4) is 0 Å². The molecule has 2 aliphatic rings. The van der Waals surface area contributed by atoms with Gasteiger partial charge in [-0.1, -0.05) is 12.1 Å². The van der Waals surface area contributed by atoms with Gasteiger partial charge in [0, 0.05) is 24.7 Å². The average Bonchev–Trinajstić information content (AvgIpc) is 3.16. The summed E-state index contributed by atoms with van der Waals surface area (Å²) in [6, 6.07) is 9.48. The number of halogens is 3. The molecule has 4 heterocycles. The fraction of sp³-hybridized carbons (Fsp3) is 0.455. The average molecular weight is 467 g/mol. The third-order valence-corrected chi connectivity index (χ3v) is 5.27. The van der Waals surface area contributed by atoms with Gasteiger partial charge in [0.15, 0.2) is 0 Å². The van der Waals surface area contributed by atoms with Crippen molar-refractivity contribution in [3.05, 3.63) is 59.7 Å². The first-order valence-electron chi connectivity index (χ1n) is 10.3. The molecule has 1 N–H and O–H groups in total. The third kappa shape index (κ3) is 6.48. The first-order chi connectivity index (χ1) is 15.7. The zero-order valence-corrected chi connectivity index (χ0v) is 17.9. The third-order valence-electron chi connectivity index (χ3n) is 5.27. The molecule has 4 rings (SSSR count). The van der Waals surface area contributed by atoms with Gasteiger partial charge in [0.05, 0.1) is 19.2 Å². The summed E-state index contributed by atoms with van der Waals surface area (Å²) < 4.78 is 43.8. The van der Waals surface area contributed by atoms with E-state index in [-0.39, 0.29) is 24.2 Å². The second kappa shape index (κ2) is 10.7. The van der Waals surface area contributed by atoms with E-state index in [2.05, 4.69) is 9.97 Å². The zero-order valence-electron chi connectivity index (χ0n) is 17.9. The van der Waals surface area contributed by atoms with Crippen LogP contribution in [0.1, 0.15) is 34.6 Å². The molecule has 8 nitrogen and oxygen atoms in total. The highest BCUT2D eigenvalue weighted by Gasteiger charge is 2.47. The van der Waals surface area contributed by atoms with Crippen molar-refractivity contribution < 1.29 is 37.3 Å². The molecule has 33 heavy (non-hydrogen) atoms. The van der Waals surface area contributed by atoms with Gasteiger partial charge in [-0.25, -0.2) is 9.78 Å². The summed E-state index contributed by atoms with van der Waals surface area (Å²) in [6.45, 7) is 3.62. The summed E-state index contributed by atoms with van der Waals surface area (Å²) in [5, 5.41) is 7.12. The number of pyridine rings is 2. The van der Waals surface area contributed by atoms with Crippen LogP contribution in [0.5, 0.6) is 0 Å². The van der Waals surface area contributed by atoms with Crippen molar-refractivity contribution in [3.63, 3.8) is 0 Å². The van der Waals surface area contributed by atoms with Crippen LogP contribution in [0.25, 0.3) is 0 Å². The molecule has 2 aromatic heterocycles. The normalized spacial score (nSPS) is 22.2. The van der Waals surface area contributed by atoms with Gasteiger partial charge in [-0.15, -0.1) is 0 Å². The van der Waals surface area contributed by atoms with E-state index in [0.717, 1.165) is 30.7 Å². The Morgan fingerprint density at radius 3 is 2.67 bits per heavy atom. The van der Waals surface area contributed by atoms with Gasteiger partial charge in [0.2, 0.25) is 0 Å². The number of amides is 1. The van der Waals surface area contributed by atoms with E-state index < -0.39 is 12.1 Å². The predicted molar refractivity (Wildman–Crippen MR) is 109 cm³/mol. The molecule has 0 radical (unpaired) electrons. The van der Waals surface area contributed by atoms with Crippen LogP contribution in [0.15, 0.2) is 42.7 Å². The first-order valence-corrected chi connectivity index (χ1v) is 10.3. The summed E-state index contributed by atoms with van der Waals surface area (Å²) in [4.78, 5) is 32.3. The largest absolute Gasteiger partial charge is 0.490 e. The van der Waals surface area contributed by atoms with Crippen LogP contribution in [0.2, 0.25) is 0 Å². The summed E-state index contributed by atoms with van der Waals surface area (Å²) >= 11 is 0. The van der Waals surface area contributed by atoms with Crippen molar-refractivity contribution in [1.29, 1.82) is 0 Å². The van der Waals surface area contributed by atoms with E-state index in [1.54, 1.807) is 18.5 Å². The highest BCUT2D eigenvalue weighted by molar-refractivity contribution is 5.93. The minimum absolute atomic E-state index is 0.0401. The minimum Gasteiger partial charge on any atom is -0.475 e. The molecule has 0 aliphatic carbocycles. The number of carboxylic acid groups (broad SMARTS) is 1. The van der Waals surface area contributed by atoms with E-state index in [4.69, 9.17) is 19.4 Å². The number of ether oxygens (including phenoxy) is 2. The number of aliphatic carboxylic acids is 1. The highest BCUT2D eigenvalue weighted by atomic mass is 19.4. The number of aryl methyl sites for hydroxylation is 1. The molecule has 2 aliphatic heterocycles. The smallest absolute Gasteiger partial charge is 0.475 e. The second-order valence-corrected chi connectivity index (χ2v) is 7.68. The zero-order chi connectivity index (χ0) is 24.0. The maximum absolute atomic E-state index is 13.0. The Morgan fingerprint density at radius 2 is 2.03 bits per heavy atom. The van der Waals surface area contributed by atoms with Crippen LogP contribution >= 0.6 is 0 Å². The quantitative estimate of drug-likeness (QED) is 0.738. The molecule has 0 aromatic carbocycles. The van der Waals surface area contributed by atoms with Crippen LogP contribution in [-0.2, 0) is 20.9 Å². The molecule has 11 heteroatoms. The summed E-state index contributed by atoms with van der Waals surface area (Å²) in [5.41, 5.74) is 2.35. The van der Waals surface area contributed by atoms with Gasteiger partial charge in [-0.2, -0.15) is 13.2 Å². The number of hydrogen-bond donors (Lipinski definition) is 1. The van der Waals surface area contributed by atoms with Crippen molar-refractivity contribution in [2.45, 2.75) is 50.8 Å². The van der Waals surface area contributed by atoms with Gasteiger partial charge in [-0.3, -0.25) is 9.78 Å². The number of likely N-dealkylation sites (tertiary alicyclic amines) is 1. The van der Waals surface area contributed by atoms with Gasteiger partial charge < -0.3 is 19.5 Å². The molecule has 178 valence electrons. The summed E-state index contributed by atoms with van der Waals surface area (Å²) in [7, 11) is 0. The first kappa shape index (κ1) is 24.6. The van der Waals surface area contributed by atoms with Crippen LogP contribution in [0, 0.1) is 6.92 Å². The van der Waals surface area contributed by atoms with Crippen molar-refractivity contribution >= 4 is 11.9 Å². The molecule has 3 atom stereocenters. The fourth-order valence-electron chi connectivity index (χ4n) is 3.79. The van der Waals surface area contributed by atoms with E-state index >= 15 is 0 Å². The predicted octanol–water partition coefficient (Wildman–Crippen LogP) is 3.01. The van der Waals surface area contributed by atoms with Crippen LogP contribution in [0.4, 0.5) is 13.2 Å². The Labute approximate surface area is 188 Å². The van der Waals surface area contributed by atoms with Gasteiger partial charge in [0.1, 0.15) is 17.9 Å². The summed E-state index contributed by atoms with van der Waals surface area (Å²) in [5.74, 6) is -2.80. The number of rotatable bonds is 4. The standard InChI is InChI=1S/C20H23N3O3.C2HF3O2/c1-14-5-2-7-16(22-14)20(24)23-12-18(19-17(23)8-4-10-25-19)26-13-15-6-3-9-21-11-15;3-2(4,5)1(6)7/h2-3,5-7,9,11,17-19H,4,8,10,12-13H2,1H3;(H,6,7)/t17-,18+,19-;/m0./s1. The molecule has 1 amide bonds. The van der Waals surface area contributed by atoms with Gasteiger partial charge in [-0.05, 0) is 43.5 Å². The van der Waals surface area contributed by atoms with Crippen LogP contribution < -0.4 is 0 Å². The Morgan fingerprint density at radius 1 is 1.27 bits per heavy atom. The molecule has 0 spiro atoms. The maximum Gasteiger partial charge on any atom is 0.490 e. The number of carboxylic acids is 1. The number of carbonyl (C=O) groups is 2. The Balaban J connectivity index is 0.000000383. The lowest BCUT2D eigenvalue weighted by molar-refractivity contribution is -0.192. The number of carbonyl (C=O) groups excluding carboxylic acids is 1. The van der Waals surface area contributed by atoms with E-state index in [9.17, 15) is 18.0 Å². The summed E-state index contributed by atoms with van der Waals surface area (Å²) in [6.07, 6.45) is 0.155. The van der Waals surface area contributed by atoms with Crippen molar-refractivity contribution in [1.82, 2.24) is 14.9 Å². The van der Waals surface area contributed by atoms with Crippen LogP contribution in [0.3, 0.4) is 0 Å². The number of alkyl halides is 3. The van der Waals surface area contributed by atoms with E-state index in [0.29, 0.717) is 18.8 Å². The van der Waals surface area contributed by atoms with Crippen LogP contribution in [-0.4, -0.2) is 69.4 Å². The maximum atomic E-state index is 13.0. The SMILES string of the molecule is Cc1cccc(C(=O)N2C[C@@H](OCc3cccnc3)[C@H]3OCCC[C@@H]32)n1.O=C(O)C(F)(F)F. The second-order valence-electron chi connectivity index (χ2n) is 7.68. The lowest BCUT2D eigenvalue weighted by Crippen LogP contribution is -2.44. The monoisotopic (exact) mass is 467 g/mol. The molecule has 2 saturated heterocycles. The Hall–Kier alpha value is -3.05. The fourth-order valence-corrected chi connectivity index (χ4v) is 3.79. The molecule has 2 fully saturated rings. The number of nitrogens with zero attached hydrogens (tertiary/aromatic N) is 3. The molecule has 0 bridgehead atoms. The molecular formula is C22H24F3N3O5. The Bertz CT molecular complexity index is 958. The van der Waals surface area contributed by atoms with E-state index in [1.807, 2.05) is 36.1 Å². The number of hydrogen-bond acceptors (Lipinski definition) is 6. The highest BCUT2D eigenvalue weighted by Crippen LogP contribution is 2.32. The molecule has 2 aromatic rings. The number of aromatic nitrogens is 2. The van der Waals surface area contributed by atoms with Crippen molar-refractivity contribution in [2.24, 2.45) is 0 Å². The molecular weight excluding hydrogens is 443 g/mol.